The number of fused-ring (bicyclic) bond motifs is 2. The van der Waals surface area contributed by atoms with Crippen molar-refractivity contribution in [3.63, 3.8) is 0 Å². The quantitative estimate of drug-likeness (QED) is 0.586. The lowest BCUT2D eigenvalue weighted by Crippen LogP contribution is -2.11. The Morgan fingerprint density at radius 1 is 1.04 bits per heavy atom. The van der Waals surface area contributed by atoms with E-state index in [1.54, 1.807) is 12.4 Å². The van der Waals surface area contributed by atoms with Crippen molar-refractivity contribution >= 4 is 28.9 Å². The van der Waals surface area contributed by atoms with E-state index < -0.39 is 0 Å². The number of H-pyrrole nitrogens is 1. The first-order valence-electron chi connectivity index (χ1n) is 8.26. The molecule has 0 unspecified atom stereocenters. The second-order valence-electron chi connectivity index (χ2n) is 6.16. The van der Waals surface area contributed by atoms with E-state index in [4.69, 9.17) is 0 Å². The fraction of sp³-hybridized carbons (Fsp3) is 0. The molecule has 0 aliphatic carbocycles. The molecule has 5 rings (SSSR count). The SMILES string of the molecule is Oc1[nH]c2ccccc2c1C=c1cc2c(c(-c3cccnc3)c1)=CN=N2. The minimum atomic E-state index is 0.155. The molecule has 5 heteroatoms. The van der Waals surface area contributed by atoms with Gasteiger partial charge in [0, 0.05) is 39.6 Å². The molecule has 0 saturated heterocycles. The summed E-state index contributed by atoms with van der Waals surface area (Å²) >= 11 is 0. The van der Waals surface area contributed by atoms with Crippen molar-refractivity contribution in [2.75, 3.05) is 0 Å². The zero-order chi connectivity index (χ0) is 17.5. The van der Waals surface area contributed by atoms with Crippen LogP contribution < -0.4 is 10.4 Å². The summed E-state index contributed by atoms with van der Waals surface area (Å²) in [7, 11) is 0. The molecule has 0 spiro atoms. The minimum Gasteiger partial charge on any atom is -0.494 e. The normalized spacial score (nSPS) is 13.2. The summed E-state index contributed by atoms with van der Waals surface area (Å²) in [4.78, 5) is 7.23. The van der Waals surface area contributed by atoms with Crippen LogP contribution >= 0.6 is 0 Å². The number of benzene rings is 2. The molecule has 5 nitrogen and oxygen atoms in total. The molecule has 1 aliphatic rings. The predicted octanol–water partition coefficient (Wildman–Crippen LogP) is 3.60. The molecule has 124 valence electrons. The van der Waals surface area contributed by atoms with Gasteiger partial charge in [0.05, 0.1) is 11.9 Å². The van der Waals surface area contributed by atoms with Crippen molar-refractivity contribution in [3.8, 4) is 17.0 Å². The summed E-state index contributed by atoms with van der Waals surface area (Å²) in [5, 5.41) is 21.5. The Morgan fingerprint density at radius 2 is 1.96 bits per heavy atom. The summed E-state index contributed by atoms with van der Waals surface area (Å²) in [5.41, 5.74) is 4.50. The maximum atomic E-state index is 10.3. The number of nitrogens with one attached hydrogen (secondary N) is 1. The van der Waals surface area contributed by atoms with Gasteiger partial charge in [-0.1, -0.05) is 24.3 Å². The average Bonchev–Trinajstić information content (AvgIpc) is 3.26. The first-order valence-corrected chi connectivity index (χ1v) is 8.26. The molecule has 4 aromatic rings. The third-order valence-electron chi connectivity index (χ3n) is 4.54. The summed E-state index contributed by atoms with van der Waals surface area (Å²) in [6.07, 6.45) is 7.31. The summed E-state index contributed by atoms with van der Waals surface area (Å²) in [5.74, 6) is 0.155. The van der Waals surface area contributed by atoms with Crippen LogP contribution in [0.1, 0.15) is 5.56 Å². The molecule has 26 heavy (non-hydrogen) atoms. The monoisotopic (exact) mass is 338 g/mol. The molecule has 0 radical (unpaired) electrons. The van der Waals surface area contributed by atoms with Gasteiger partial charge in [0.15, 0.2) is 5.88 Å². The molecule has 0 atom stereocenters. The van der Waals surface area contributed by atoms with Crippen LogP contribution in [0.15, 0.2) is 71.2 Å². The smallest absolute Gasteiger partial charge is 0.196 e. The Labute approximate surface area is 148 Å². The van der Waals surface area contributed by atoms with Crippen molar-refractivity contribution in [1.29, 1.82) is 0 Å². The Balaban J connectivity index is 1.78. The third kappa shape index (κ3) is 2.29. The molecule has 0 saturated carbocycles. The Hall–Kier alpha value is -3.73. The average molecular weight is 338 g/mol. The highest BCUT2D eigenvalue weighted by atomic mass is 16.3. The molecule has 2 N–H and O–H groups in total. The lowest BCUT2D eigenvalue weighted by molar-refractivity contribution is 0.457. The molecule has 2 aromatic heterocycles. The zero-order valence-electron chi connectivity index (χ0n) is 13.7. The number of para-hydroxylation sites is 1. The van der Waals surface area contributed by atoms with Crippen LogP contribution in [0.4, 0.5) is 5.69 Å². The highest BCUT2D eigenvalue weighted by Gasteiger charge is 2.11. The van der Waals surface area contributed by atoms with E-state index in [1.807, 2.05) is 54.7 Å². The zero-order valence-corrected chi connectivity index (χ0v) is 13.7. The summed E-state index contributed by atoms with van der Waals surface area (Å²) in [6, 6.07) is 15.8. The van der Waals surface area contributed by atoms with E-state index in [0.717, 1.165) is 43.7 Å². The first-order chi connectivity index (χ1) is 12.8. The standard InChI is InChI=1S/C21H14N4O/c26-21-17(15-5-1-2-6-19(15)24-21)9-13-8-16(14-4-3-7-22-11-14)18-12-23-25-20(18)10-13/h1-12,24,26H. The van der Waals surface area contributed by atoms with E-state index in [2.05, 4.69) is 26.3 Å². The maximum Gasteiger partial charge on any atom is 0.196 e. The van der Waals surface area contributed by atoms with E-state index in [0.29, 0.717) is 0 Å². The molecule has 0 fully saturated rings. The van der Waals surface area contributed by atoms with Crippen molar-refractivity contribution < 1.29 is 5.11 Å². The van der Waals surface area contributed by atoms with Crippen LogP contribution in [0.3, 0.4) is 0 Å². The molecule has 3 heterocycles. The summed E-state index contributed by atoms with van der Waals surface area (Å²) in [6.45, 7) is 0. The van der Waals surface area contributed by atoms with E-state index in [-0.39, 0.29) is 5.88 Å². The largest absolute Gasteiger partial charge is 0.494 e. The van der Waals surface area contributed by atoms with Crippen molar-refractivity contribution in [1.82, 2.24) is 9.97 Å². The minimum absolute atomic E-state index is 0.155. The van der Waals surface area contributed by atoms with Gasteiger partial charge in [-0.2, -0.15) is 10.2 Å². The number of rotatable bonds is 2. The lowest BCUT2D eigenvalue weighted by atomic mass is 10.0. The Bertz CT molecular complexity index is 1290. The number of aromatic amines is 1. The second kappa shape index (κ2) is 5.67. The van der Waals surface area contributed by atoms with Gasteiger partial charge < -0.3 is 10.1 Å². The van der Waals surface area contributed by atoms with Crippen LogP contribution in [0, 0.1) is 0 Å². The van der Waals surface area contributed by atoms with E-state index in [1.165, 1.54) is 0 Å². The van der Waals surface area contributed by atoms with E-state index >= 15 is 0 Å². The van der Waals surface area contributed by atoms with Gasteiger partial charge in [0.2, 0.25) is 0 Å². The lowest BCUT2D eigenvalue weighted by Gasteiger charge is -2.03. The molecule has 0 bridgehead atoms. The van der Waals surface area contributed by atoms with Crippen molar-refractivity contribution in [2.24, 2.45) is 10.2 Å². The highest BCUT2D eigenvalue weighted by Crippen LogP contribution is 2.27. The number of hydrogen-bond acceptors (Lipinski definition) is 4. The van der Waals surface area contributed by atoms with Crippen molar-refractivity contribution in [2.45, 2.75) is 0 Å². The molecular weight excluding hydrogens is 324 g/mol. The topological polar surface area (TPSA) is 73.6 Å². The van der Waals surface area contributed by atoms with Gasteiger partial charge in [-0.25, -0.2) is 0 Å². The molecule has 1 aliphatic heterocycles. The number of aromatic hydroxyl groups is 1. The Kier molecular flexibility index (Phi) is 3.18. The van der Waals surface area contributed by atoms with E-state index in [9.17, 15) is 5.11 Å². The third-order valence-corrected chi connectivity index (χ3v) is 4.54. The van der Waals surface area contributed by atoms with Gasteiger partial charge in [-0.3, -0.25) is 4.98 Å². The molecule has 0 amide bonds. The van der Waals surface area contributed by atoms with Gasteiger partial charge in [0.25, 0.3) is 0 Å². The van der Waals surface area contributed by atoms with Crippen LogP contribution in [0.5, 0.6) is 5.88 Å². The fourth-order valence-electron chi connectivity index (χ4n) is 3.33. The molecular formula is C21H14N4O. The van der Waals surface area contributed by atoms with Crippen molar-refractivity contribution in [3.05, 3.63) is 76.9 Å². The number of aromatic nitrogens is 2. The predicted molar refractivity (Wildman–Crippen MR) is 101 cm³/mol. The second-order valence-corrected chi connectivity index (χ2v) is 6.16. The fourth-order valence-corrected chi connectivity index (χ4v) is 3.33. The number of azo groups is 1. The summed E-state index contributed by atoms with van der Waals surface area (Å²) < 4.78 is 0. The molecule has 2 aromatic carbocycles. The highest BCUT2D eigenvalue weighted by molar-refractivity contribution is 5.91. The number of hydrogen-bond donors (Lipinski definition) is 2. The number of pyridine rings is 1. The maximum absolute atomic E-state index is 10.3. The van der Waals surface area contributed by atoms with Gasteiger partial charge in [-0.15, -0.1) is 0 Å². The van der Waals surface area contributed by atoms with Gasteiger partial charge in [0.1, 0.15) is 0 Å². The van der Waals surface area contributed by atoms with Crippen LogP contribution in [-0.4, -0.2) is 15.1 Å². The Morgan fingerprint density at radius 3 is 2.85 bits per heavy atom. The van der Waals surface area contributed by atoms with Gasteiger partial charge in [-0.05, 0) is 41.1 Å². The van der Waals surface area contributed by atoms with Gasteiger partial charge >= 0.3 is 0 Å². The van der Waals surface area contributed by atoms with Crippen LogP contribution in [0.25, 0.3) is 34.3 Å². The van der Waals surface area contributed by atoms with Crippen LogP contribution in [0.2, 0.25) is 0 Å². The first kappa shape index (κ1) is 14.6. The van der Waals surface area contributed by atoms with Crippen LogP contribution in [-0.2, 0) is 0 Å². The number of nitrogens with zero attached hydrogens (tertiary/aromatic N) is 3.